The number of benzene rings is 1. The Morgan fingerprint density at radius 3 is 2.46 bits per heavy atom. The van der Waals surface area contributed by atoms with Crippen LogP contribution in [0.4, 0.5) is 11.4 Å². The van der Waals surface area contributed by atoms with Gasteiger partial charge in [0.2, 0.25) is 5.91 Å². The van der Waals surface area contributed by atoms with Gasteiger partial charge in [-0.15, -0.1) is 0 Å². The number of carbonyl (C=O) groups excluding carboxylic acids is 1. The third-order valence-corrected chi connectivity index (χ3v) is 6.30. The number of nitro groups is 1. The minimum Gasteiger partial charge on any atom is -0.290 e. The molecule has 1 aromatic carbocycles. The average Bonchev–Trinajstić information content (AvgIpc) is 2.90. The van der Waals surface area contributed by atoms with E-state index in [-0.39, 0.29) is 22.8 Å². The molecule has 0 N–H and O–H groups in total. The highest BCUT2D eigenvalue weighted by atomic mass is 32.2. The Morgan fingerprint density at radius 1 is 1.31 bits per heavy atom. The van der Waals surface area contributed by atoms with E-state index in [1.54, 1.807) is 13.0 Å². The molecule has 2 rings (SSSR count). The quantitative estimate of drug-likeness (QED) is 0.499. The lowest BCUT2D eigenvalue weighted by molar-refractivity contribution is -0.384. The van der Waals surface area contributed by atoms with Crippen LogP contribution in [0.1, 0.15) is 46.1 Å². The summed E-state index contributed by atoms with van der Waals surface area (Å²) >= 11 is 1.50. The minimum atomic E-state index is -0.411. The third-order valence-electron chi connectivity index (χ3n) is 4.78. The molecule has 0 bridgehead atoms. The predicted molar refractivity (Wildman–Crippen MR) is 107 cm³/mol. The Labute approximate surface area is 159 Å². The second kappa shape index (κ2) is 8.66. The molecule has 142 valence electrons. The fraction of sp³-hybridized carbons (Fsp3) is 0.579. The highest BCUT2D eigenvalue weighted by molar-refractivity contribution is 8.15. The van der Waals surface area contributed by atoms with Crippen LogP contribution in [0, 0.1) is 28.9 Å². The van der Waals surface area contributed by atoms with Gasteiger partial charge in [-0.25, -0.2) is 4.99 Å². The maximum atomic E-state index is 12.9. The first-order chi connectivity index (χ1) is 12.3. The normalized spacial score (nSPS) is 19.2. The van der Waals surface area contributed by atoms with Gasteiger partial charge in [0.15, 0.2) is 5.17 Å². The zero-order valence-corrected chi connectivity index (χ0v) is 16.9. The number of hydrogen-bond donors (Lipinski definition) is 0. The van der Waals surface area contributed by atoms with E-state index in [9.17, 15) is 14.9 Å². The summed E-state index contributed by atoms with van der Waals surface area (Å²) in [5.41, 5.74) is 1.45. The summed E-state index contributed by atoms with van der Waals surface area (Å²) in [5, 5.41) is 11.5. The average molecular weight is 378 g/mol. The topological polar surface area (TPSA) is 75.8 Å². The zero-order chi connectivity index (χ0) is 19.4. The number of non-ortho nitro benzene ring substituents is 1. The molecule has 0 radical (unpaired) electrons. The van der Waals surface area contributed by atoms with E-state index in [0.717, 1.165) is 18.4 Å². The lowest BCUT2D eigenvalue weighted by atomic mass is 10.0. The monoisotopic (exact) mass is 377 g/mol. The van der Waals surface area contributed by atoms with Crippen LogP contribution >= 0.6 is 11.8 Å². The summed E-state index contributed by atoms with van der Waals surface area (Å²) in [6.07, 6.45) is 2.03. The van der Waals surface area contributed by atoms with Crippen LogP contribution in [-0.4, -0.2) is 32.7 Å². The van der Waals surface area contributed by atoms with Crippen molar-refractivity contribution in [3.05, 3.63) is 33.9 Å². The molecule has 1 aliphatic heterocycles. The van der Waals surface area contributed by atoms with Gasteiger partial charge in [0.25, 0.3) is 5.69 Å². The zero-order valence-electron chi connectivity index (χ0n) is 16.1. The molecule has 1 saturated heterocycles. The molecule has 0 saturated carbocycles. The molecule has 1 aliphatic rings. The van der Waals surface area contributed by atoms with E-state index < -0.39 is 4.92 Å². The van der Waals surface area contributed by atoms with Gasteiger partial charge in [0.1, 0.15) is 0 Å². The van der Waals surface area contributed by atoms with Crippen molar-refractivity contribution in [1.82, 2.24) is 4.90 Å². The van der Waals surface area contributed by atoms with E-state index >= 15 is 0 Å². The van der Waals surface area contributed by atoms with Crippen LogP contribution < -0.4 is 0 Å². The molecule has 1 aromatic rings. The van der Waals surface area contributed by atoms with Crippen LogP contribution in [0.15, 0.2) is 23.2 Å². The second-order valence-electron chi connectivity index (χ2n) is 7.04. The number of aliphatic imine (C=N–C) groups is 1. The summed E-state index contributed by atoms with van der Waals surface area (Å²) < 4.78 is 0. The summed E-state index contributed by atoms with van der Waals surface area (Å²) in [5.74, 6) is 0.784. The van der Waals surface area contributed by atoms with E-state index in [1.165, 1.54) is 23.9 Å². The molecule has 26 heavy (non-hydrogen) atoms. The van der Waals surface area contributed by atoms with Gasteiger partial charge in [-0.05, 0) is 30.4 Å². The minimum absolute atomic E-state index is 0.0514. The fourth-order valence-electron chi connectivity index (χ4n) is 2.94. The van der Waals surface area contributed by atoms with Crippen LogP contribution in [0.5, 0.6) is 0 Å². The molecule has 7 heteroatoms. The highest BCUT2D eigenvalue weighted by Gasteiger charge is 2.40. The predicted octanol–water partition coefficient (Wildman–Crippen LogP) is 4.93. The summed E-state index contributed by atoms with van der Waals surface area (Å²) in [7, 11) is 0. The molecule has 1 unspecified atom stereocenters. The van der Waals surface area contributed by atoms with Gasteiger partial charge in [-0.2, -0.15) is 0 Å². The van der Waals surface area contributed by atoms with Crippen molar-refractivity contribution >= 4 is 34.2 Å². The van der Waals surface area contributed by atoms with Gasteiger partial charge >= 0.3 is 0 Å². The van der Waals surface area contributed by atoms with E-state index in [0.29, 0.717) is 23.3 Å². The van der Waals surface area contributed by atoms with E-state index in [1.807, 2.05) is 18.7 Å². The van der Waals surface area contributed by atoms with Crippen LogP contribution in [0.3, 0.4) is 0 Å². The SMILES string of the molecule is CCC(CC)CN1C(=O)C(C(C)C)SC1=Nc1ccc([N+](=O)[O-])cc1C. The van der Waals surface area contributed by atoms with Gasteiger partial charge in [-0.3, -0.25) is 19.8 Å². The molecule has 1 fully saturated rings. The van der Waals surface area contributed by atoms with Gasteiger partial charge < -0.3 is 0 Å². The molecule has 1 atom stereocenters. The Morgan fingerprint density at radius 2 is 1.96 bits per heavy atom. The lowest BCUT2D eigenvalue weighted by Gasteiger charge is -2.22. The van der Waals surface area contributed by atoms with Crippen LogP contribution in [-0.2, 0) is 4.79 Å². The number of aryl methyl sites for hydroxylation is 1. The highest BCUT2D eigenvalue weighted by Crippen LogP contribution is 2.35. The molecular formula is C19H27N3O3S. The number of carbonyl (C=O) groups is 1. The van der Waals surface area contributed by atoms with E-state index in [2.05, 4.69) is 13.8 Å². The molecular weight excluding hydrogens is 350 g/mol. The number of nitrogens with zero attached hydrogens (tertiary/aromatic N) is 3. The van der Waals surface area contributed by atoms with E-state index in [4.69, 9.17) is 4.99 Å². The molecule has 0 aromatic heterocycles. The van der Waals surface area contributed by atoms with Gasteiger partial charge in [0.05, 0.1) is 15.9 Å². The standard InChI is InChI=1S/C19H27N3O3S/c1-6-14(7-2)11-21-18(23)17(12(3)4)26-19(21)20-16-9-8-15(22(24)25)10-13(16)5/h8-10,12,14,17H,6-7,11H2,1-5H3. The molecule has 0 aliphatic carbocycles. The Balaban J connectivity index is 2.38. The summed E-state index contributed by atoms with van der Waals surface area (Å²) in [4.78, 5) is 29.9. The van der Waals surface area contributed by atoms with Gasteiger partial charge in [0, 0.05) is 18.7 Å². The first kappa shape index (κ1) is 20.4. The number of thioether (sulfide) groups is 1. The maximum Gasteiger partial charge on any atom is 0.269 e. The third kappa shape index (κ3) is 4.44. The number of hydrogen-bond acceptors (Lipinski definition) is 5. The van der Waals surface area contributed by atoms with Crippen molar-refractivity contribution in [1.29, 1.82) is 0 Å². The summed E-state index contributed by atoms with van der Waals surface area (Å²) in [6, 6.07) is 4.63. The second-order valence-corrected chi connectivity index (χ2v) is 8.14. The van der Waals surface area contributed by atoms with Crippen LogP contribution in [0.25, 0.3) is 0 Å². The first-order valence-electron chi connectivity index (χ1n) is 9.10. The first-order valence-corrected chi connectivity index (χ1v) is 9.98. The van der Waals surface area contributed by atoms with Crippen LogP contribution in [0.2, 0.25) is 0 Å². The molecule has 1 amide bonds. The largest absolute Gasteiger partial charge is 0.290 e. The smallest absolute Gasteiger partial charge is 0.269 e. The molecule has 6 nitrogen and oxygen atoms in total. The Hall–Kier alpha value is -1.89. The van der Waals surface area contributed by atoms with Crippen molar-refractivity contribution in [2.24, 2.45) is 16.8 Å². The van der Waals surface area contributed by atoms with Crippen molar-refractivity contribution in [2.45, 2.75) is 52.7 Å². The van der Waals surface area contributed by atoms with Crippen molar-refractivity contribution in [2.75, 3.05) is 6.54 Å². The number of rotatable bonds is 7. The molecule has 1 heterocycles. The lowest BCUT2D eigenvalue weighted by Crippen LogP contribution is -2.37. The Bertz CT molecular complexity index is 714. The number of amidine groups is 1. The fourth-order valence-corrected chi connectivity index (χ4v) is 4.11. The van der Waals surface area contributed by atoms with Crippen molar-refractivity contribution < 1.29 is 9.72 Å². The van der Waals surface area contributed by atoms with Crippen molar-refractivity contribution in [3.8, 4) is 0 Å². The van der Waals surface area contributed by atoms with Crippen molar-refractivity contribution in [3.63, 3.8) is 0 Å². The van der Waals surface area contributed by atoms with Gasteiger partial charge in [-0.1, -0.05) is 52.3 Å². The maximum absolute atomic E-state index is 12.9. The number of nitro benzene ring substituents is 1. The Kier molecular flexibility index (Phi) is 6.81. The number of amides is 1. The molecule has 0 spiro atoms. The summed E-state index contributed by atoms with van der Waals surface area (Å²) in [6.45, 7) is 10.8.